The lowest BCUT2D eigenvalue weighted by Crippen LogP contribution is -2.58. The van der Waals surface area contributed by atoms with E-state index >= 15 is 0 Å². The summed E-state index contributed by atoms with van der Waals surface area (Å²) in [6.07, 6.45) is 0. The van der Waals surface area contributed by atoms with Gasteiger partial charge in [-0.1, -0.05) is 42.5 Å². The number of morpholine rings is 1. The molecule has 0 bridgehead atoms. The number of piperazine rings is 1. The van der Waals surface area contributed by atoms with Crippen LogP contribution in [0.1, 0.15) is 17.2 Å². The number of nitrogens with zero attached hydrogens (tertiary/aromatic N) is 2. The van der Waals surface area contributed by atoms with Crippen molar-refractivity contribution in [1.82, 2.24) is 9.80 Å². The van der Waals surface area contributed by atoms with Gasteiger partial charge in [0, 0.05) is 32.2 Å². The molecule has 0 aromatic heterocycles. The smallest absolute Gasteiger partial charge is 0.119 e. The molecule has 2 aliphatic rings. The Hall–Kier alpha value is -1.92. The predicted molar refractivity (Wildman–Crippen MR) is 105 cm³/mol. The van der Waals surface area contributed by atoms with Crippen molar-refractivity contribution < 1.29 is 14.6 Å². The molecule has 2 fully saturated rings. The fraction of sp³-hybridized carbons (Fsp3) is 0.455. The zero-order chi connectivity index (χ0) is 18.5. The quantitative estimate of drug-likeness (QED) is 0.848. The molecule has 2 aliphatic heterocycles. The minimum absolute atomic E-state index is 0.0381. The second kappa shape index (κ2) is 8.85. The molecule has 2 aromatic carbocycles. The van der Waals surface area contributed by atoms with Crippen LogP contribution < -0.4 is 4.74 Å². The summed E-state index contributed by atoms with van der Waals surface area (Å²) in [5, 5.41) is 8.92. The Bertz CT molecular complexity index is 725. The summed E-state index contributed by atoms with van der Waals surface area (Å²) in [5.41, 5.74) is 2.60. The minimum atomic E-state index is 0.0381. The van der Waals surface area contributed by atoms with Gasteiger partial charge in [-0.15, -0.1) is 0 Å². The third kappa shape index (κ3) is 4.50. The Morgan fingerprint density at radius 3 is 2.78 bits per heavy atom. The normalized spacial score (nSPS) is 23.7. The number of hydrogen-bond donors (Lipinski definition) is 1. The fourth-order valence-corrected chi connectivity index (χ4v) is 4.17. The van der Waals surface area contributed by atoms with Crippen molar-refractivity contribution in [3.63, 3.8) is 0 Å². The van der Waals surface area contributed by atoms with Gasteiger partial charge >= 0.3 is 0 Å². The molecule has 144 valence electrons. The average molecular weight is 368 g/mol. The lowest BCUT2D eigenvalue weighted by Gasteiger charge is -2.48. The SMILES string of the molecule is OCCOc1cccc(CN2CCN3[C@@H](COC[C@@H]3c3ccccc3)C2)c1. The van der Waals surface area contributed by atoms with Gasteiger partial charge in [0.25, 0.3) is 0 Å². The molecule has 0 saturated carbocycles. The second-order valence-electron chi connectivity index (χ2n) is 7.31. The Labute approximate surface area is 161 Å². The summed E-state index contributed by atoms with van der Waals surface area (Å²) in [6.45, 7) is 6.01. The summed E-state index contributed by atoms with van der Waals surface area (Å²) in [7, 11) is 0. The van der Waals surface area contributed by atoms with Crippen molar-refractivity contribution in [3.8, 4) is 5.75 Å². The molecule has 0 radical (unpaired) electrons. The van der Waals surface area contributed by atoms with Crippen molar-refractivity contribution in [2.45, 2.75) is 18.6 Å². The maximum absolute atomic E-state index is 8.92. The van der Waals surface area contributed by atoms with Gasteiger partial charge in [-0.05, 0) is 23.3 Å². The number of fused-ring (bicyclic) bond motifs is 1. The molecule has 1 N–H and O–H groups in total. The first-order valence-electron chi connectivity index (χ1n) is 9.77. The molecule has 5 heteroatoms. The van der Waals surface area contributed by atoms with E-state index in [4.69, 9.17) is 14.6 Å². The highest BCUT2D eigenvalue weighted by Crippen LogP contribution is 2.30. The van der Waals surface area contributed by atoms with Gasteiger partial charge in [0.15, 0.2) is 0 Å². The second-order valence-corrected chi connectivity index (χ2v) is 7.31. The summed E-state index contributed by atoms with van der Waals surface area (Å²) in [4.78, 5) is 5.12. The maximum Gasteiger partial charge on any atom is 0.119 e. The van der Waals surface area contributed by atoms with Crippen molar-refractivity contribution in [2.24, 2.45) is 0 Å². The van der Waals surface area contributed by atoms with Gasteiger partial charge < -0.3 is 14.6 Å². The molecule has 2 saturated heterocycles. The molecular weight excluding hydrogens is 340 g/mol. The van der Waals surface area contributed by atoms with Gasteiger partial charge in [-0.3, -0.25) is 9.80 Å². The lowest BCUT2D eigenvalue weighted by atomic mass is 10.00. The van der Waals surface area contributed by atoms with Crippen LogP contribution in [-0.2, 0) is 11.3 Å². The van der Waals surface area contributed by atoms with Gasteiger partial charge in [-0.25, -0.2) is 0 Å². The van der Waals surface area contributed by atoms with Crippen LogP contribution in [0.3, 0.4) is 0 Å². The van der Waals surface area contributed by atoms with Crippen LogP contribution in [-0.4, -0.2) is 67.0 Å². The molecular formula is C22H28N2O3. The summed E-state index contributed by atoms with van der Waals surface area (Å²) in [5.74, 6) is 0.824. The van der Waals surface area contributed by atoms with Gasteiger partial charge in [0.1, 0.15) is 12.4 Å². The van der Waals surface area contributed by atoms with Gasteiger partial charge in [-0.2, -0.15) is 0 Å². The third-order valence-corrected chi connectivity index (χ3v) is 5.45. The molecule has 0 amide bonds. The molecule has 4 rings (SSSR count). The van der Waals surface area contributed by atoms with Crippen LogP contribution in [0.15, 0.2) is 54.6 Å². The lowest BCUT2D eigenvalue weighted by molar-refractivity contribution is -0.0836. The molecule has 0 unspecified atom stereocenters. The Kier molecular flexibility index (Phi) is 6.04. The molecule has 5 nitrogen and oxygen atoms in total. The Morgan fingerprint density at radius 1 is 1.04 bits per heavy atom. The van der Waals surface area contributed by atoms with E-state index in [0.717, 1.165) is 45.1 Å². The van der Waals surface area contributed by atoms with Crippen LogP contribution in [0.25, 0.3) is 0 Å². The van der Waals surface area contributed by atoms with E-state index in [0.29, 0.717) is 18.7 Å². The zero-order valence-electron chi connectivity index (χ0n) is 15.7. The first kappa shape index (κ1) is 18.4. The van der Waals surface area contributed by atoms with Crippen LogP contribution >= 0.6 is 0 Å². The minimum Gasteiger partial charge on any atom is -0.491 e. The average Bonchev–Trinajstić information content (AvgIpc) is 2.72. The van der Waals surface area contributed by atoms with E-state index in [-0.39, 0.29) is 6.61 Å². The van der Waals surface area contributed by atoms with Crippen molar-refractivity contribution >= 4 is 0 Å². The van der Waals surface area contributed by atoms with Gasteiger partial charge in [0.05, 0.1) is 25.9 Å². The topological polar surface area (TPSA) is 45.2 Å². The molecule has 0 spiro atoms. The summed E-state index contributed by atoms with van der Waals surface area (Å²) >= 11 is 0. The van der Waals surface area contributed by atoms with E-state index in [9.17, 15) is 0 Å². The number of aliphatic hydroxyl groups excluding tert-OH is 1. The fourth-order valence-electron chi connectivity index (χ4n) is 4.17. The van der Waals surface area contributed by atoms with E-state index in [1.807, 2.05) is 12.1 Å². The molecule has 0 aliphatic carbocycles. The highest BCUT2D eigenvalue weighted by molar-refractivity contribution is 5.28. The highest BCUT2D eigenvalue weighted by Gasteiger charge is 2.36. The predicted octanol–water partition coefficient (Wildman–Crippen LogP) is 2.32. The summed E-state index contributed by atoms with van der Waals surface area (Å²) in [6, 6.07) is 19.7. The third-order valence-electron chi connectivity index (χ3n) is 5.45. The molecule has 2 heterocycles. The highest BCUT2D eigenvalue weighted by atomic mass is 16.5. The number of aliphatic hydroxyl groups is 1. The number of hydrogen-bond acceptors (Lipinski definition) is 5. The summed E-state index contributed by atoms with van der Waals surface area (Å²) < 4.78 is 11.5. The maximum atomic E-state index is 8.92. The molecule has 2 aromatic rings. The number of benzene rings is 2. The standard InChI is InChI=1S/C22H28N2O3/c25-11-12-27-21-8-4-5-18(13-21)14-23-9-10-24-20(15-23)16-26-17-22(24)19-6-2-1-3-7-19/h1-8,13,20,22,25H,9-12,14-17H2/t20-,22-/m1/s1. The number of rotatable bonds is 6. The van der Waals surface area contributed by atoms with E-state index in [2.05, 4.69) is 52.3 Å². The van der Waals surface area contributed by atoms with Crippen molar-refractivity contribution in [3.05, 3.63) is 65.7 Å². The van der Waals surface area contributed by atoms with Gasteiger partial charge in [0.2, 0.25) is 0 Å². The van der Waals surface area contributed by atoms with Crippen LogP contribution in [0, 0.1) is 0 Å². The number of ether oxygens (including phenoxy) is 2. The molecule has 27 heavy (non-hydrogen) atoms. The zero-order valence-corrected chi connectivity index (χ0v) is 15.7. The Morgan fingerprint density at radius 2 is 1.93 bits per heavy atom. The van der Waals surface area contributed by atoms with Crippen molar-refractivity contribution in [1.29, 1.82) is 0 Å². The van der Waals surface area contributed by atoms with E-state index in [1.54, 1.807) is 0 Å². The van der Waals surface area contributed by atoms with E-state index in [1.165, 1.54) is 11.1 Å². The van der Waals surface area contributed by atoms with Crippen LogP contribution in [0.5, 0.6) is 5.75 Å². The molecule has 2 atom stereocenters. The monoisotopic (exact) mass is 368 g/mol. The Balaban J connectivity index is 1.39. The van der Waals surface area contributed by atoms with Crippen LogP contribution in [0.4, 0.5) is 0 Å². The largest absolute Gasteiger partial charge is 0.491 e. The first-order chi connectivity index (χ1) is 13.3. The van der Waals surface area contributed by atoms with Crippen LogP contribution in [0.2, 0.25) is 0 Å². The van der Waals surface area contributed by atoms with Crippen molar-refractivity contribution in [2.75, 3.05) is 46.1 Å². The van der Waals surface area contributed by atoms with E-state index < -0.39 is 0 Å². The first-order valence-corrected chi connectivity index (χ1v) is 9.77.